The number of alkyl halides is 3. The van der Waals surface area contributed by atoms with E-state index in [0.717, 1.165) is 43.0 Å². The molecule has 0 saturated carbocycles. The standard InChI is InChI=1S/C28H27F3N4O2/c1-33-25-14-20(7-8-22(25)23-10-12-34-11-3-2-4-24(34)27(23)33)35-13-9-21(15-26(35)36)37-17-19-6-5-18(16-32-19)28(29,30)31/h5-9,13-16,24H,2-4,10-12,17H2,1H3. The summed E-state index contributed by atoms with van der Waals surface area (Å²) in [6.45, 7) is 2.22. The number of nitrogens with zero attached hydrogens (tertiary/aromatic N) is 4. The number of benzene rings is 1. The second-order valence-corrected chi connectivity index (χ2v) is 9.82. The van der Waals surface area contributed by atoms with Crippen molar-refractivity contribution in [3.8, 4) is 11.4 Å². The zero-order valence-electron chi connectivity index (χ0n) is 20.5. The van der Waals surface area contributed by atoms with Crippen molar-refractivity contribution >= 4 is 10.9 Å². The van der Waals surface area contributed by atoms with Crippen molar-refractivity contribution in [2.24, 2.45) is 7.05 Å². The lowest BCUT2D eigenvalue weighted by molar-refractivity contribution is -0.137. The Kier molecular flexibility index (Phi) is 5.82. The normalized spacial score (nSPS) is 18.0. The quantitative estimate of drug-likeness (QED) is 0.370. The third-order valence-corrected chi connectivity index (χ3v) is 7.62. The number of halogens is 3. The third-order valence-electron chi connectivity index (χ3n) is 7.62. The molecule has 192 valence electrons. The van der Waals surface area contributed by atoms with Gasteiger partial charge in [0.2, 0.25) is 0 Å². The molecule has 3 aromatic heterocycles. The third kappa shape index (κ3) is 4.31. The van der Waals surface area contributed by atoms with Crippen molar-refractivity contribution in [2.45, 2.75) is 44.5 Å². The van der Waals surface area contributed by atoms with Crippen LogP contribution in [0.3, 0.4) is 0 Å². The van der Waals surface area contributed by atoms with Gasteiger partial charge in [-0.15, -0.1) is 0 Å². The molecule has 6 rings (SSSR count). The second-order valence-electron chi connectivity index (χ2n) is 9.82. The first-order valence-corrected chi connectivity index (χ1v) is 12.5. The molecule has 1 atom stereocenters. The fraction of sp³-hybridized carbons (Fsp3) is 0.357. The topological polar surface area (TPSA) is 52.3 Å². The van der Waals surface area contributed by atoms with Crippen LogP contribution < -0.4 is 10.3 Å². The van der Waals surface area contributed by atoms with E-state index in [0.29, 0.717) is 17.5 Å². The summed E-state index contributed by atoms with van der Waals surface area (Å²) in [5.41, 5.74) is 4.00. The Morgan fingerprint density at radius 3 is 2.70 bits per heavy atom. The summed E-state index contributed by atoms with van der Waals surface area (Å²) in [4.78, 5) is 19.3. The maximum absolute atomic E-state index is 12.9. The summed E-state index contributed by atoms with van der Waals surface area (Å²) < 4.78 is 47.6. The summed E-state index contributed by atoms with van der Waals surface area (Å²) in [5, 5.41) is 1.25. The van der Waals surface area contributed by atoms with Gasteiger partial charge in [0.05, 0.1) is 28.5 Å². The van der Waals surface area contributed by atoms with Gasteiger partial charge >= 0.3 is 6.18 Å². The molecule has 6 nitrogen and oxygen atoms in total. The Hall–Kier alpha value is -3.59. The summed E-state index contributed by atoms with van der Waals surface area (Å²) in [6, 6.07) is 11.9. The van der Waals surface area contributed by atoms with E-state index < -0.39 is 11.7 Å². The average Bonchev–Trinajstić information content (AvgIpc) is 3.19. The summed E-state index contributed by atoms with van der Waals surface area (Å²) >= 11 is 0. The maximum Gasteiger partial charge on any atom is 0.417 e. The molecule has 4 aromatic rings. The van der Waals surface area contributed by atoms with Gasteiger partial charge < -0.3 is 9.30 Å². The summed E-state index contributed by atoms with van der Waals surface area (Å²) in [5.74, 6) is 0.329. The number of pyridine rings is 2. The Morgan fingerprint density at radius 2 is 1.95 bits per heavy atom. The molecule has 5 heterocycles. The Bertz CT molecular complexity index is 1520. The highest BCUT2D eigenvalue weighted by atomic mass is 19.4. The first-order valence-electron chi connectivity index (χ1n) is 12.5. The van der Waals surface area contributed by atoms with Crippen LogP contribution in [-0.4, -0.2) is 32.1 Å². The van der Waals surface area contributed by atoms with E-state index in [9.17, 15) is 18.0 Å². The van der Waals surface area contributed by atoms with Gasteiger partial charge in [-0.3, -0.25) is 19.2 Å². The number of hydrogen-bond donors (Lipinski definition) is 0. The van der Waals surface area contributed by atoms with Crippen LogP contribution in [0, 0.1) is 0 Å². The first kappa shape index (κ1) is 23.8. The highest BCUT2D eigenvalue weighted by Crippen LogP contribution is 2.41. The highest BCUT2D eigenvalue weighted by Gasteiger charge is 2.33. The minimum absolute atomic E-state index is 0.0410. The molecule has 0 spiro atoms. The molecule has 37 heavy (non-hydrogen) atoms. The summed E-state index contributed by atoms with van der Waals surface area (Å²) in [7, 11) is 2.12. The highest BCUT2D eigenvalue weighted by molar-refractivity contribution is 5.87. The van der Waals surface area contributed by atoms with Crippen LogP contribution in [0.2, 0.25) is 0 Å². The molecular formula is C28H27F3N4O2. The van der Waals surface area contributed by atoms with E-state index in [-0.39, 0.29) is 12.2 Å². The molecular weight excluding hydrogens is 481 g/mol. The number of hydrogen-bond acceptors (Lipinski definition) is 4. The van der Waals surface area contributed by atoms with Crippen LogP contribution in [-0.2, 0) is 26.3 Å². The van der Waals surface area contributed by atoms with Crippen molar-refractivity contribution in [3.63, 3.8) is 0 Å². The maximum atomic E-state index is 12.9. The molecule has 9 heteroatoms. The van der Waals surface area contributed by atoms with E-state index in [2.05, 4.69) is 33.6 Å². The van der Waals surface area contributed by atoms with Crippen molar-refractivity contribution in [1.82, 2.24) is 19.0 Å². The van der Waals surface area contributed by atoms with E-state index in [1.165, 1.54) is 48.0 Å². The second kappa shape index (κ2) is 9.06. The molecule has 1 unspecified atom stereocenters. The van der Waals surface area contributed by atoms with Gasteiger partial charge in [0.15, 0.2) is 0 Å². The molecule has 0 aliphatic carbocycles. The number of rotatable bonds is 4. The first-order chi connectivity index (χ1) is 17.8. The van der Waals surface area contributed by atoms with Crippen LogP contribution in [0.25, 0.3) is 16.6 Å². The van der Waals surface area contributed by atoms with E-state index in [1.54, 1.807) is 16.8 Å². The van der Waals surface area contributed by atoms with Crippen molar-refractivity contribution in [3.05, 3.63) is 87.7 Å². The lowest BCUT2D eigenvalue weighted by Crippen LogP contribution is -2.39. The number of fused-ring (bicyclic) bond motifs is 5. The zero-order chi connectivity index (χ0) is 25.7. The van der Waals surface area contributed by atoms with Gasteiger partial charge in [-0.25, -0.2) is 0 Å². The molecule has 0 amide bonds. The Balaban J connectivity index is 1.24. The predicted octanol–water partition coefficient (Wildman–Crippen LogP) is 5.41. The van der Waals surface area contributed by atoms with E-state index in [4.69, 9.17) is 4.74 Å². The van der Waals surface area contributed by atoms with Crippen LogP contribution in [0.5, 0.6) is 5.75 Å². The SMILES string of the molecule is Cn1c2c(c3ccc(-n4ccc(OCc5ccc(C(F)(F)F)cn5)cc4=O)cc31)CCN1CCCCC21. The van der Waals surface area contributed by atoms with Gasteiger partial charge in [-0.05, 0) is 61.7 Å². The van der Waals surface area contributed by atoms with E-state index in [1.807, 2.05) is 6.07 Å². The summed E-state index contributed by atoms with van der Waals surface area (Å²) in [6.07, 6.45) is 2.75. The number of piperidine rings is 1. The van der Waals surface area contributed by atoms with Gasteiger partial charge in [-0.2, -0.15) is 13.2 Å². The van der Waals surface area contributed by atoms with Crippen LogP contribution in [0.15, 0.2) is 59.7 Å². The minimum atomic E-state index is -4.44. The lowest BCUT2D eigenvalue weighted by atomic mass is 9.91. The molecule has 2 aliphatic rings. The van der Waals surface area contributed by atoms with Crippen LogP contribution >= 0.6 is 0 Å². The van der Waals surface area contributed by atoms with Crippen molar-refractivity contribution in [2.75, 3.05) is 13.1 Å². The Morgan fingerprint density at radius 1 is 1.08 bits per heavy atom. The van der Waals surface area contributed by atoms with Crippen molar-refractivity contribution < 1.29 is 17.9 Å². The predicted molar refractivity (Wildman–Crippen MR) is 134 cm³/mol. The van der Waals surface area contributed by atoms with Crippen molar-refractivity contribution in [1.29, 1.82) is 0 Å². The molecule has 1 aromatic carbocycles. The molecule has 1 saturated heterocycles. The minimum Gasteiger partial charge on any atom is -0.487 e. The number of aryl methyl sites for hydroxylation is 1. The van der Waals surface area contributed by atoms with Crippen LogP contribution in [0.1, 0.15) is 47.8 Å². The number of ether oxygens (including phenoxy) is 1. The fourth-order valence-corrected chi connectivity index (χ4v) is 5.78. The van der Waals surface area contributed by atoms with Gasteiger partial charge in [-0.1, -0.05) is 12.5 Å². The molecule has 1 fully saturated rings. The molecule has 2 aliphatic heterocycles. The fourth-order valence-electron chi connectivity index (χ4n) is 5.78. The largest absolute Gasteiger partial charge is 0.487 e. The Labute approximate surface area is 211 Å². The number of aromatic nitrogens is 3. The van der Waals surface area contributed by atoms with Gasteiger partial charge in [0.1, 0.15) is 12.4 Å². The van der Waals surface area contributed by atoms with E-state index >= 15 is 0 Å². The molecule has 0 N–H and O–H groups in total. The smallest absolute Gasteiger partial charge is 0.417 e. The monoisotopic (exact) mass is 508 g/mol. The molecule has 0 radical (unpaired) electrons. The zero-order valence-corrected chi connectivity index (χ0v) is 20.5. The average molecular weight is 509 g/mol. The molecule has 0 bridgehead atoms. The van der Waals surface area contributed by atoms with Gasteiger partial charge in [0.25, 0.3) is 5.56 Å². The van der Waals surface area contributed by atoms with Crippen LogP contribution in [0.4, 0.5) is 13.2 Å². The van der Waals surface area contributed by atoms with Gasteiger partial charge in [0, 0.05) is 43.1 Å². The lowest BCUT2D eigenvalue weighted by Gasteiger charge is -2.40.